The van der Waals surface area contributed by atoms with Crippen LogP contribution in [0, 0.1) is 0 Å². The number of anilines is 3. The van der Waals surface area contributed by atoms with Crippen LogP contribution in [0.4, 0.5) is 17.2 Å². The normalized spacial score (nSPS) is 13.9. The molecule has 1 aromatic carbocycles. The Morgan fingerprint density at radius 3 is 2.70 bits per heavy atom. The number of carbonyl (C=O) groups is 1. The van der Waals surface area contributed by atoms with E-state index in [-0.39, 0.29) is 5.91 Å². The third-order valence-corrected chi connectivity index (χ3v) is 5.18. The lowest BCUT2D eigenvalue weighted by Crippen LogP contribution is -2.19. The van der Waals surface area contributed by atoms with Crippen LogP contribution in [0.3, 0.4) is 0 Å². The van der Waals surface area contributed by atoms with E-state index >= 15 is 0 Å². The fraction of sp³-hybridized carbons (Fsp3) is 0.316. The first-order chi connectivity index (χ1) is 13.2. The van der Waals surface area contributed by atoms with Gasteiger partial charge in [0.15, 0.2) is 5.65 Å². The first-order valence-electron chi connectivity index (χ1n) is 9.13. The molecule has 0 saturated carbocycles. The summed E-state index contributed by atoms with van der Waals surface area (Å²) in [4.78, 5) is 19.6. The molecule has 0 spiro atoms. The van der Waals surface area contributed by atoms with Gasteiger partial charge in [0.2, 0.25) is 0 Å². The molecule has 140 valence electrons. The minimum absolute atomic E-state index is 0.173. The first-order valence-corrected chi connectivity index (χ1v) is 10.1. The Labute approximate surface area is 162 Å². The number of aromatic nitrogens is 3. The second-order valence-electron chi connectivity index (χ2n) is 6.37. The van der Waals surface area contributed by atoms with E-state index in [1.165, 1.54) is 12.8 Å². The van der Waals surface area contributed by atoms with Crippen molar-refractivity contribution in [3.05, 3.63) is 48.3 Å². The quantitative estimate of drug-likeness (QED) is 0.634. The van der Waals surface area contributed by atoms with Crippen molar-refractivity contribution in [2.75, 3.05) is 33.8 Å². The largest absolute Gasteiger partial charge is 0.356 e. The summed E-state index contributed by atoms with van der Waals surface area (Å²) in [6.45, 7) is 4.13. The van der Waals surface area contributed by atoms with Gasteiger partial charge in [0, 0.05) is 36.3 Å². The van der Waals surface area contributed by atoms with Gasteiger partial charge in [-0.25, -0.2) is 9.50 Å². The molecular formula is C19H22N6OS. The van der Waals surface area contributed by atoms with Gasteiger partial charge in [-0.05, 0) is 43.2 Å². The number of nitrogens with one attached hydrogen (secondary N) is 2. The third-order valence-electron chi connectivity index (χ3n) is 4.51. The molecule has 1 aliphatic heterocycles. The van der Waals surface area contributed by atoms with Gasteiger partial charge in [-0.3, -0.25) is 4.79 Å². The van der Waals surface area contributed by atoms with E-state index in [1.54, 1.807) is 22.7 Å². The summed E-state index contributed by atoms with van der Waals surface area (Å²) in [6, 6.07) is 9.39. The summed E-state index contributed by atoms with van der Waals surface area (Å²) < 4.78 is 4.90. The number of fused-ring (bicyclic) bond motifs is 1. The first kappa shape index (κ1) is 17.7. The highest BCUT2D eigenvalue weighted by atomic mass is 32.2. The molecule has 0 atom stereocenters. The minimum atomic E-state index is -0.173. The summed E-state index contributed by atoms with van der Waals surface area (Å²) in [5.74, 6) is 1.73. The Morgan fingerprint density at radius 1 is 1.19 bits per heavy atom. The Hall–Kier alpha value is -2.74. The summed E-state index contributed by atoms with van der Waals surface area (Å²) >= 11 is 1.62. The molecule has 8 heteroatoms. The molecular weight excluding hydrogens is 360 g/mol. The highest BCUT2D eigenvalue weighted by molar-refractivity contribution is 8.00. The molecule has 27 heavy (non-hydrogen) atoms. The van der Waals surface area contributed by atoms with E-state index in [2.05, 4.69) is 27.0 Å². The zero-order valence-electron chi connectivity index (χ0n) is 15.2. The van der Waals surface area contributed by atoms with Crippen molar-refractivity contribution >= 4 is 40.7 Å². The Balaban J connectivity index is 1.52. The number of carbonyl (C=O) groups excluding carboxylic acids is 1. The van der Waals surface area contributed by atoms with Gasteiger partial charge in [-0.2, -0.15) is 5.10 Å². The molecule has 1 amide bonds. The van der Waals surface area contributed by atoms with Gasteiger partial charge in [0.25, 0.3) is 5.91 Å². The molecule has 7 nitrogen and oxygen atoms in total. The summed E-state index contributed by atoms with van der Waals surface area (Å²) in [5.41, 5.74) is 2.85. The van der Waals surface area contributed by atoms with Gasteiger partial charge in [-0.15, -0.1) is 0 Å². The van der Waals surface area contributed by atoms with Crippen LogP contribution < -0.4 is 14.9 Å². The highest BCUT2D eigenvalue weighted by Crippen LogP contribution is 2.22. The van der Waals surface area contributed by atoms with Gasteiger partial charge >= 0.3 is 0 Å². The van der Waals surface area contributed by atoms with Gasteiger partial charge in [0.05, 0.1) is 6.20 Å². The zero-order valence-corrected chi connectivity index (χ0v) is 16.0. The third kappa shape index (κ3) is 3.85. The van der Waals surface area contributed by atoms with E-state index in [1.807, 2.05) is 36.5 Å². The lowest BCUT2D eigenvalue weighted by molar-refractivity contribution is 0.102. The van der Waals surface area contributed by atoms with E-state index < -0.39 is 0 Å². The topological polar surface area (TPSA) is 74.6 Å². The maximum absolute atomic E-state index is 12.6. The van der Waals surface area contributed by atoms with Crippen LogP contribution in [0.2, 0.25) is 0 Å². The van der Waals surface area contributed by atoms with Crippen molar-refractivity contribution in [2.45, 2.75) is 19.8 Å². The number of benzene rings is 1. The SMILES string of the molecule is CCSNc1ccc(C(=O)Nc2cnn3ccc(N4CCCC4)nc23)cc1. The standard InChI is InChI=1S/C19H22N6OS/c1-2-27-23-15-7-5-14(6-8-15)19(26)21-16-13-20-25-12-9-17(22-18(16)25)24-10-3-4-11-24/h5-9,12-13,23H,2-4,10-11H2,1H3,(H,21,26). The minimum Gasteiger partial charge on any atom is -0.356 e. The molecule has 1 saturated heterocycles. The van der Waals surface area contributed by atoms with Crippen LogP contribution in [0.5, 0.6) is 0 Å². The van der Waals surface area contributed by atoms with Crippen LogP contribution in [0.25, 0.3) is 5.65 Å². The number of rotatable bonds is 6. The Kier molecular flexibility index (Phi) is 5.15. The molecule has 0 bridgehead atoms. The molecule has 0 radical (unpaired) electrons. The molecule has 3 heterocycles. The van der Waals surface area contributed by atoms with Crippen LogP contribution in [-0.2, 0) is 0 Å². The maximum atomic E-state index is 12.6. The van der Waals surface area contributed by atoms with Crippen molar-refractivity contribution in [1.29, 1.82) is 0 Å². The van der Waals surface area contributed by atoms with Crippen LogP contribution in [-0.4, -0.2) is 39.3 Å². The number of nitrogens with zero attached hydrogens (tertiary/aromatic N) is 4. The molecule has 4 rings (SSSR count). The van der Waals surface area contributed by atoms with Gasteiger partial charge in [-0.1, -0.05) is 18.9 Å². The van der Waals surface area contributed by atoms with Crippen LogP contribution >= 0.6 is 11.9 Å². The van der Waals surface area contributed by atoms with E-state index in [0.29, 0.717) is 16.9 Å². The van der Waals surface area contributed by atoms with Crippen molar-refractivity contribution in [1.82, 2.24) is 14.6 Å². The predicted octanol–water partition coefficient (Wildman–Crippen LogP) is 3.66. The lowest BCUT2D eigenvalue weighted by atomic mass is 10.2. The van der Waals surface area contributed by atoms with Crippen molar-refractivity contribution in [2.24, 2.45) is 0 Å². The Bertz CT molecular complexity index is 933. The van der Waals surface area contributed by atoms with E-state index in [0.717, 1.165) is 30.3 Å². The number of amides is 1. The van der Waals surface area contributed by atoms with Crippen LogP contribution in [0.15, 0.2) is 42.7 Å². The van der Waals surface area contributed by atoms with Gasteiger partial charge < -0.3 is 14.9 Å². The van der Waals surface area contributed by atoms with E-state index in [4.69, 9.17) is 4.98 Å². The van der Waals surface area contributed by atoms with Crippen LogP contribution in [0.1, 0.15) is 30.1 Å². The fourth-order valence-corrected chi connectivity index (χ4v) is 3.56. The number of hydrogen-bond donors (Lipinski definition) is 2. The Morgan fingerprint density at radius 2 is 1.96 bits per heavy atom. The molecule has 1 aliphatic rings. The molecule has 0 unspecified atom stereocenters. The summed E-state index contributed by atoms with van der Waals surface area (Å²) in [5, 5.41) is 7.22. The molecule has 3 aromatic rings. The average Bonchev–Trinajstić information content (AvgIpc) is 3.37. The molecule has 0 aliphatic carbocycles. The second kappa shape index (κ2) is 7.87. The van der Waals surface area contributed by atoms with Gasteiger partial charge in [0.1, 0.15) is 11.5 Å². The molecule has 2 aromatic heterocycles. The summed E-state index contributed by atoms with van der Waals surface area (Å²) in [7, 11) is 0. The smallest absolute Gasteiger partial charge is 0.255 e. The van der Waals surface area contributed by atoms with Crippen molar-refractivity contribution < 1.29 is 4.79 Å². The monoisotopic (exact) mass is 382 g/mol. The lowest BCUT2D eigenvalue weighted by Gasteiger charge is -2.16. The molecule has 1 fully saturated rings. The zero-order chi connectivity index (χ0) is 18.6. The molecule has 2 N–H and O–H groups in total. The predicted molar refractivity (Wildman–Crippen MR) is 111 cm³/mol. The number of hydrogen-bond acceptors (Lipinski definition) is 6. The highest BCUT2D eigenvalue weighted by Gasteiger charge is 2.16. The van der Waals surface area contributed by atoms with E-state index in [9.17, 15) is 4.79 Å². The van der Waals surface area contributed by atoms with Crippen molar-refractivity contribution in [3.63, 3.8) is 0 Å². The fourth-order valence-electron chi connectivity index (χ4n) is 3.11. The maximum Gasteiger partial charge on any atom is 0.255 e. The second-order valence-corrected chi connectivity index (χ2v) is 7.44. The summed E-state index contributed by atoms with van der Waals surface area (Å²) in [6.07, 6.45) is 5.91. The average molecular weight is 382 g/mol. The van der Waals surface area contributed by atoms with Crippen molar-refractivity contribution in [3.8, 4) is 0 Å².